The van der Waals surface area contributed by atoms with Crippen LogP contribution in [0, 0.1) is 13.8 Å². The summed E-state index contributed by atoms with van der Waals surface area (Å²) < 4.78 is 0. The molecule has 3 aromatic carbocycles. The fourth-order valence-electron chi connectivity index (χ4n) is 2.60. The largest absolute Gasteiger partial charge is 0.287 e. The highest BCUT2D eigenvalue weighted by Crippen LogP contribution is 2.11. The van der Waals surface area contributed by atoms with Crippen LogP contribution >= 0.6 is 0 Å². The highest BCUT2D eigenvalue weighted by molar-refractivity contribution is 6.51. The van der Waals surface area contributed by atoms with Gasteiger partial charge >= 0.3 is 0 Å². The molecule has 0 radical (unpaired) electrons. The molecular formula is C23H20N2O. The summed E-state index contributed by atoms with van der Waals surface area (Å²) in [5.41, 5.74) is 4.94. The number of hydrogen-bond acceptors (Lipinski definition) is 3. The number of hydrogen-bond donors (Lipinski definition) is 0. The Hall–Kier alpha value is -3.33. The van der Waals surface area contributed by atoms with E-state index in [0.29, 0.717) is 11.3 Å². The van der Waals surface area contributed by atoms with Gasteiger partial charge in [-0.15, -0.1) is 5.10 Å². The smallest absolute Gasteiger partial charge is 0.213 e. The number of rotatable bonds is 5. The first kappa shape index (κ1) is 17.5. The molecule has 0 bridgehead atoms. The molecule has 3 rings (SSSR count). The van der Waals surface area contributed by atoms with Crippen molar-refractivity contribution in [2.75, 3.05) is 0 Å². The van der Waals surface area contributed by atoms with Crippen molar-refractivity contribution in [3.8, 4) is 0 Å². The van der Waals surface area contributed by atoms with Crippen LogP contribution in [-0.4, -0.2) is 17.7 Å². The van der Waals surface area contributed by atoms with Crippen LogP contribution in [0.4, 0.5) is 0 Å². The van der Waals surface area contributed by atoms with Gasteiger partial charge in [0.25, 0.3) is 0 Å². The molecule has 0 atom stereocenters. The number of carbonyl (C=O) groups is 1. The van der Waals surface area contributed by atoms with E-state index in [1.165, 1.54) is 0 Å². The molecule has 26 heavy (non-hydrogen) atoms. The molecule has 0 unspecified atom stereocenters. The van der Waals surface area contributed by atoms with Crippen LogP contribution in [0.15, 0.2) is 89.1 Å². The lowest BCUT2D eigenvalue weighted by Crippen LogP contribution is -2.15. The summed E-state index contributed by atoms with van der Waals surface area (Å²) >= 11 is 0. The summed E-state index contributed by atoms with van der Waals surface area (Å²) in [4.78, 5) is 12.9. The SMILES string of the molecule is Cc1ccc(C)c(C=NN=C(C(=O)c2ccccc2)c2ccccc2)c1. The lowest BCUT2D eigenvalue weighted by molar-refractivity contribution is 0.106. The molecule has 3 nitrogen and oxygen atoms in total. The van der Waals surface area contributed by atoms with Crippen LogP contribution in [-0.2, 0) is 0 Å². The van der Waals surface area contributed by atoms with Crippen molar-refractivity contribution in [2.45, 2.75) is 13.8 Å². The van der Waals surface area contributed by atoms with Gasteiger partial charge in [-0.05, 0) is 25.0 Å². The third kappa shape index (κ3) is 4.19. The zero-order chi connectivity index (χ0) is 18.4. The van der Waals surface area contributed by atoms with Gasteiger partial charge in [-0.2, -0.15) is 5.10 Å². The van der Waals surface area contributed by atoms with E-state index in [1.54, 1.807) is 18.3 Å². The van der Waals surface area contributed by atoms with Crippen molar-refractivity contribution in [1.29, 1.82) is 0 Å². The molecule has 0 amide bonds. The summed E-state index contributed by atoms with van der Waals surface area (Å²) in [6, 6.07) is 24.7. The van der Waals surface area contributed by atoms with Crippen LogP contribution in [0.3, 0.4) is 0 Å². The molecule has 128 valence electrons. The second kappa shape index (κ2) is 8.17. The van der Waals surface area contributed by atoms with E-state index >= 15 is 0 Å². The van der Waals surface area contributed by atoms with E-state index in [1.807, 2.05) is 68.4 Å². The molecule has 0 aliphatic rings. The Labute approximate surface area is 153 Å². The van der Waals surface area contributed by atoms with Gasteiger partial charge in [-0.25, -0.2) is 0 Å². The molecule has 0 aliphatic carbocycles. The fourth-order valence-corrected chi connectivity index (χ4v) is 2.60. The highest BCUT2D eigenvalue weighted by atomic mass is 16.1. The standard InChI is InChI=1S/C23H20N2O/c1-17-13-14-18(2)21(15-17)16-24-25-22(19-9-5-3-6-10-19)23(26)20-11-7-4-8-12-20/h3-16H,1-2H3. The average Bonchev–Trinajstić information content (AvgIpc) is 2.69. The van der Waals surface area contributed by atoms with Crippen LogP contribution in [0.5, 0.6) is 0 Å². The molecular weight excluding hydrogens is 320 g/mol. The lowest BCUT2D eigenvalue weighted by Gasteiger charge is -2.05. The van der Waals surface area contributed by atoms with E-state index in [2.05, 4.69) is 22.3 Å². The maximum absolute atomic E-state index is 12.9. The van der Waals surface area contributed by atoms with Crippen molar-refractivity contribution >= 4 is 17.7 Å². The van der Waals surface area contributed by atoms with Crippen molar-refractivity contribution in [2.24, 2.45) is 10.2 Å². The Morgan fingerprint density at radius 2 is 1.42 bits per heavy atom. The van der Waals surface area contributed by atoms with Gasteiger partial charge in [0.1, 0.15) is 5.71 Å². The summed E-state index contributed by atoms with van der Waals surface area (Å²) in [5, 5.41) is 8.48. The molecule has 0 spiro atoms. The van der Waals surface area contributed by atoms with Crippen LogP contribution in [0.1, 0.15) is 32.6 Å². The Kier molecular flexibility index (Phi) is 5.49. The van der Waals surface area contributed by atoms with Gasteiger partial charge < -0.3 is 0 Å². The predicted octanol–water partition coefficient (Wildman–Crippen LogP) is 5.01. The minimum Gasteiger partial charge on any atom is -0.287 e. The van der Waals surface area contributed by atoms with E-state index in [0.717, 1.165) is 22.3 Å². The molecule has 3 heteroatoms. The number of carbonyl (C=O) groups excluding carboxylic acids is 1. The lowest BCUT2D eigenvalue weighted by atomic mass is 10.0. The zero-order valence-electron chi connectivity index (χ0n) is 14.9. The molecule has 0 aliphatic heterocycles. The van der Waals surface area contributed by atoms with Crippen LogP contribution in [0.2, 0.25) is 0 Å². The van der Waals surface area contributed by atoms with Crippen molar-refractivity contribution in [1.82, 2.24) is 0 Å². The molecule has 3 aromatic rings. The Morgan fingerprint density at radius 1 is 0.808 bits per heavy atom. The third-order valence-electron chi connectivity index (χ3n) is 4.09. The predicted molar refractivity (Wildman–Crippen MR) is 107 cm³/mol. The molecule has 0 saturated heterocycles. The molecule has 0 heterocycles. The maximum Gasteiger partial charge on any atom is 0.213 e. The Morgan fingerprint density at radius 3 is 2.08 bits per heavy atom. The Bertz CT molecular complexity index is 958. The third-order valence-corrected chi connectivity index (χ3v) is 4.09. The minimum absolute atomic E-state index is 0.144. The summed E-state index contributed by atoms with van der Waals surface area (Å²) in [6.07, 6.45) is 1.70. The van der Waals surface area contributed by atoms with Crippen LogP contribution in [0.25, 0.3) is 0 Å². The van der Waals surface area contributed by atoms with E-state index < -0.39 is 0 Å². The minimum atomic E-state index is -0.144. The van der Waals surface area contributed by atoms with Crippen molar-refractivity contribution < 1.29 is 4.79 Å². The van der Waals surface area contributed by atoms with Crippen LogP contribution < -0.4 is 0 Å². The van der Waals surface area contributed by atoms with E-state index in [4.69, 9.17) is 0 Å². The fraction of sp³-hybridized carbons (Fsp3) is 0.0870. The normalized spacial score (nSPS) is 11.7. The van der Waals surface area contributed by atoms with E-state index in [9.17, 15) is 4.79 Å². The zero-order valence-corrected chi connectivity index (χ0v) is 14.9. The van der Waals surface area contributed by atoms with Gasteiger partial charge in [0, 0.05) is 11.1 Å². The molecule has 0 saturated carbocycles. The van der Waals surface area contributed by atoms with Gasteiger partial charge in [-0.1, -0.05) is 84.4 Å². The number of aryl methyl sites for hydroxylation is 2. The number of Topliss-reactive ketones (excluding diaryl/α,β-unsaturated/α-hetero) is 1. The Balaban J connectivity index is 1.98. The molecule has 0 N–H and O–H groups in total. The molecule has 0 fully saturated rings. The first-order valence-electron chi connectivity index (χ1n) is 8.48. The van der Waals surface area contributed by atoms with Crippen molar-refractivity contribution in [3.63, 3.8) is 0 Å². The first-order chi connectivity index (χ1) is 12.6. The van der Waals surface area contributed by atoms with Gasteiger partial charge in [0.05, 0.1) is 6.21 Å². The topological polar surface area (TPSA) is 41.8 Å². The van der Waals surface area contributed by atoms with Gasteiger partial charge in [0.2, 0.25) is 5.78 Å². The summed E-state index contributed by atoms with van der Waals surface area (Å²) in [7, 11) is 0. The average molecular weight is 340 g/mol. The number of ketones is 1. The first-order valence-corrected chi connectivity index (χ1v) is 8.48. The second-order valence-electron chi connectivity index (χ2n) is 6.11. The molecule has 0 aromatic heterocycles. The summed E-state index contributed by atoms with van der Waals surface area (Å²) in [6.45, 7) is 4.06. The second-order valence-corrected chi connectivity index (χ2v) is 6.11. The van der Waals surface area contributed by atoms with Gasteiger partial charge in [0.15, 0.2) is 0 Å². The summed E-state index contributed by atoms with van der Waals surface area (Å²) in [5.74, 6) is -0.144. The number of nitrogens with zero attached hydrogens (tertiary/aromatic N) is 2. The quantitative estimate of drug-likeness (QED) is 0.366. The monoisotopic (exact) mass is 340 g/mol. The highest BCUT2D eigenvalue weighted by Gasteiger charge is 2.15. The van der Waals surface area contributed by atoms with E-state index in [-0.39, 0.29) is 5.78 Å². The van der Waals surface area contributed by atoms with Gasteiger partial charge in [-0.3, -0.25) is 4.79 Å². The maximum atomic E-state index is 12.9. The van der Waals surface area contributed by atoms with Crippen molar-refractivity contribution in [3.05, 3.63) is 107 Å². The number of benzene rings is 3.